The van der Waals surface area contributed by atoms with Crippen LogP contribution in [0, 0.1) is 5.92 Å². The summed E-state index contributed by atoms with van der Waals surface area (Å²) >= 11 is 0. The lowest BCUT2D eigenvalue weighted by Gasteiger charge is -2.34. The number of hydrogen-bond acceptors (Lipinski definition) is 3. The Bertz CT molecular complexity index is 681. The Kier molecular flexibility index (Phi) is 5.30. The molecule has 1 aromatic carbocycles. The van der Waals surface area contributed by atoms with Crippen LogP contribution in [0.25, 0.3) is 0 Å². The zero-order valence-corrected chi connectivity index (χ0v) is 15.5. The number of nitrogens with one attached hydrogen (secondary N) is 2. The molecular formula is C20H27N3O3. The highest BCUT2D eigenvalue weighted by atomic mass is 16.2. The van der Waals surface area contributed by atoms with Crippen LogP contribution < -0.4 is 10.6 Å². The Morgan fingerprint density at radius 3 is 2.54 bits per heavy atom. The SMILES string of the molecule is CCC1CCC2(CC1)NC(=O)N(CC(=O)N[C@H](C)c1ccccc1)C2=O. The van der Waals surface area contributed by atoms with Gasteiger partial charge in [-0.05, 0) is 44.1 Å². The molecule has 4 amide bonds. The molecule has 6 nitrogen and oxygen atoms in total. The van der Waals surface area contributed by atoms with Crippen LogP contribution in [0.15, 0.2) is 30.3 Å². The normalized spacial score (nSPS) is 26.7. The van der Waals surface area contributed by atoms with Crippen molar-refractivity contribution in [3.63, 3.8) is 0 Å². The molecule has 2 fully saturated rings. The maximum atomic E-state index is 12.8. The number of urea groups is 1. The lowest BCUT2D eigenvalue weighted by molar-refractivity contribution is -0.136. The summed E-state index contributed by atoms with van der Waals surface area (Å²) in [5.74, 6) is 0.0399. The monoisotopic (exact) mass is 357 g/mol. The van der Waals surface area contributed by atoms with E-state index in [-0.39, 0.29) is 24.4 Å². The van der Waals surface area contributed by atoms with Gasteiger partial charge in [0.2, 0.25) is 5.91 Å². The van der Waals surface area contributed by atoms with E-state index in [9.17, 15) is 14.4 Å². The van der Waals surface area contributed by atoms with Crippen LogP contribution in [0.1, 0.15) is 57.6 Å². The quantitative estimate of drug-likeness (QED) is 0.796. The number of rotatable bonds is 5. The molecule has 1 spiro atoms. The Balaban J connectivity index is 1.60. The van der Waals surface area contributed by atoms with Crippen LogP contribution in [-0.4, -0.2) is 34.8 Å². The van der Waals surface area contributed by atoms with Gasteiger partial charge in [0.05, 0.1) is 6.04 Å². The van der Waals surface area contributed by atoms with Crippen molar-refractivity contribution in [2.75, 3.05) is 6.54 Å². The summed E-state index contributed by atoms with van der Waals surface area (Å²) in [4.78, 5) is 38.6. The predicted molar refractivity (Wildman–Crippen MR) is 98.2 cm³/mol. The summed E-state index contributed by atoms with van der Waals surface area (Å²) in [5.41, 5.74) is 0.182. The molecule has 2 N–H and O–H groups in total. The first-order chi connectivity index (χ1) is 12.4. The van der Waals surface area contributed by atoms with Gasteiger partial charge < -0.3 is 10.6 Å². The molecule has 3 rings (SSSR count). The Morgan fingerprint density at radius 1 is 1.27 bits per heavy atom. The average Bonchev–Trinajstić information content (AvgIpc) is 2.87. The molecule has 0 bridgehead atoms. The summed E-state index contributed by atoms with van der Waals surface area (Å²) in [6.07, 6.45) is 4.30. The van der Waals surface area contributed by atoms with E-state index in [0.717, 1.165) is 29.7 Å². The lowest BCUT2D eigenvalue weighted by Crippen LogP contribution is -2.50. The van der Waals surface area contributed by atoms with Crippen LogP contribution in [0.4, 0.5) is 4.79 Å². The molecular weight excluding hydrogens is 330 g/mol. The zero-order valence-electron chi connectivity index (χ0n) is 15.5. The van der Waals surface area contributed by atoms with E-state index in [1.165, 1.54) is 0 Å². The van der Waals surface area contributed by atoms with Gasteiger partial charge in [0.1, 0.15) is 12.1 Å². The number of carbonyl (C=O) groups excluding carboxylic acids is 3. The van der Waals surface area contributed by atoms with Crippen LogP contribution in [-0.2, 0) is 9.59 Å². The van der Waals surface area contributed by atoms with Crippen molar-refractivity contribution in [3.8, 4) is 0 Å². The van der Waals surface area contributed by atoms with Gasteiger partial charge in [0.15, 0.2) is 0 Å². The van der Waals surface area contributed by atoms with E-state index in [0.29, 0.717) is 18.8 Å². The Morgan fingerprint density at radius 2 is 1.92 bits per heavy atom. The second-order valence-corrected chi connectivity index (χ2v) is 7.46. The van der Waals surface area contributed by atoms with E-state index >= 15 is 0 Å². The minimum atomic E-state index is -0.798. The maximum absolute atomic E-state index is 12.8. The van der Waals surface area contributed by atoms with E-state index in [4.69, 9.17) is 0 Å². The van der Waals surface area contributed by atoms with Gasteiger partial charge in [0.25, 0.3) is 5.91 Å². The first kappa shape index (κ1) is 18.4. The van der Waals surface area contributed by atoms with Gasteiger partial charge in [-0.1, -0.05) is 43.7 Å². The summed E-state index contributed by atoms with van der Waals surface area (Å²) in [5, 5.41) is 5.72. The third-order valence-corrected chi connectivity index (χ3v) is 5.76. The fourth-order valence-electron chi connectivity index (χ4n) is 3.99. The molecule has 2 aliphatic rings. The Labute approximate surface area is 154 Å². The minimum absolute atomic E-state index is 0.182. The predicted octanol–water partition coefficient (Wildman–Crippen LogP) is 2.75. The number of nitrogens with zero attached hydrogens (tertiary/aromatic N) is 1. The van der Waals surface area contributed by atoms with Crippen LogP contribution in [0.3, 0.4) is 0 Å². The van der Waals surface area contributed by atoms with E-state index < -0.39 is 11.6 Å². The summed E-state index contributed by atoms with van der Waals surface area (Å²) < 4.78 is 0. The number of hydrogen-bond donors (Lipinski definition) is 2. The van der Waals surface area contributed by atoms with Crippen molar-refractivity contribution in [2.45, 2.75) is 57.5 Å². The standard InChI is InChI=1S/C20H27N3O3/c1-3-15-9-11-20(12-10-15)18(25)23(19(26)22-20)13-17(24)21-14(2)16-7-5-4-6-8-16/h4-8,14-15H,3,9-13H2,1-2H3,(H,21,24)(H,22,26)/t14-,15?,20?/m1/s1. The molecule has 1 aliphatic heterocycles. The van der Waals surface area contributed by atoms with Crippen molar-refractivity contribution in [3.05, 3.63) is 35.9 Å². The van der Waals surface area contributed by atoms with Crippen LogP contribution in [0.2, 0.25) is 0 Å². The zero-order chi connectivity index (χ0) is 18.7. The lowest BCUT2D eigenvalue weighted by atomic mass is 9.75. The van der Waals surface area contributed by atoms with Crippen molar-refractivity contribution >= 4 is 17.8 Å². The van der Waals surface area contributed by atoms with Gasteiger partial charge in [-0.25, -0.2) is 4.79 Å². The van der Waals surface area contributed by atoms with E-state index in [2.05, 4.69) is 17.6 Å². The molecule has 1 aromatic rings. The summed E-state index contributed by atoms with van der Waals surface area (Å²) in [6.45, 7) is 3.80. The molecule has 0 aromatic heterocycles. The third kappa shape index (κ3) is 3.59. The highest BCUT2D eigenvalue weighted by molar-refractivity contribution is 6.09. The second kappa shape index (κ2) is 7.48. The maximum Gasteiger partial charge on any atom is 0.325 e. The second-order valence-electron chi connectivity index (χ2n) is 7.46. The van der Waals surface area contributed by atoms with Crippen molar-refractivity contribution in [1.29, 1.82) is 0 Å². The summed E-state index contributed by atoms with van der Waals surface area (Å²) in [7, 11) is 0. The van der Waals surface area contributed by atoms with Gasteiger partial charge in [-0.3, -0.25) is 14.5 Å². The highest BCUT2D eigenvalue weighted by Crippen LogP contribution is 2.37. The summed E-state index contributed by atoms with van der Waals surface area (Å²) in [6, 6.07) is 8.96. The fourth-order valence-corrected chi connectivity index (χ4v) is 3.99. The van der Waals surface area contributed by atoms with Crippen LogP contribution in [0.5, 0.6) is 0 Å². The molecule has 1 saturated carbocycles. The molecule has 1 saturated heterocycles. The molecule has 0 radical (unpaired) electrons. The van der Waals surface area contributed by atoms with Crippen molar-refractivity contribution in [2.24, 2.45) is 5.92 Å². The van der Waals surface area contributed by atoms with Gasteiger partial charge in [-0.15, -0.1) is 0 Å². The number of imide groups is 1. The fraction of sp³-hybridized carbons (Fsp3) is 0.550. The van der Waals surface area contributed by atoms with E-state index in [1.807, 2.05) is 37.3 Å². The Hall–Kier alpha value is -2.37. The molecule has 1 heterocycles. The topological polar surface area (TPSA) is 78.5 Å². The van der Waals surface area contributed by atoms with Crippen molar-refractivity contribution in [1.82, 2.24) is 15.5 Å². The van der Waals surface area contributed by atoms with E-state index in [1.54, 1.807) is 0 Å². The van der Waals surface area contributed by atoms with Gasteiger partial charge in [-0.2, -0.15) is 0 Å². The molecule has 1 aliphatic carbocycles. The number of carbonyl (C=O) groups is 3. The number of benzene rings is 1. The number of amides is 4. The first-order valence-electron chi connectivity index (χ1n) is 9.43. The van der Waals surface area contributed by atoms with Crippen LogP contribution >= 0.6 is 0 Å². The smallest absolute Gasteiger partial charge is 0.325 e. The highest BCUT2D eigenvalue weighted by Gasteiger charge is 2.52. The first-order valence-corrected chi connectivity index (χ1v) is 9.43. The molecule has 140 valence electrons. The largest absolute Gasteiger partial charge is 0.348 e. The molecule has 6 heteroatoms. The molecule has 0 unspecified atom stereocenters. The molecule has 26 heavy (non-hydrogen) atoms. The molecule has 1 atom stereocenters. The third-order valence-electron chi connectivity index (χ3n) is 5.76. The average molecular weight is 357 g/mol. The van der Waals surface area contributed by atoms with Gasteiger partial charge in [0, 0.05) is 0 Å². The van der Waals surface area contributed by atoms with Gasteiger partial charge >= 0.3 is 6.03 Å². The van der Waals surface area contributed by atoms with Crippen molar-refractivity contribution < 1.29 is 14.4 Å². The minimum Gasteiger partial charge on any atom is -0.348 e.